The van der Waals surface area contributed by atoms with Gasteiger partial charge in [-0.25, -0.2) is 5.43 Å². The molecule has 146 valence electrons. The van der Waals surface area contributed by atoms with Gasteiger partial charge in [-0.15, -0.1) is 0 Å². The Bertz CT molecular complexity index is 1040. The molecule has 3 aromatic rings. The first-order chi connectivity index (χ1) is 14.2. The van der Waals surface area contributed by atoms with Crippen LogP contribution in [0, 0.1) is 0 Å². The van der Waals surface area contributed by atoms with Gasteiger partial charge in [-0.05, 0) is 35.9 Å². The Labute approximate surface area is 177 Å². The normalized spacial score (nSPS) is 16.6. The van der Waals surface area contributed by atoms with Gasteiger partial charge < -0.3 is 9.47 Å². The Morgan fingerprint density at radius 1 is 1.07 bits per heavy atom. The summed E-state index contributed by atoms with van der Waals surface area (Å²) < 4.78 is 12.6. The van der Waals surface area contributed by atoms with Crippen molar-refractivity contribution in [1.82, 2.24) is 5.43 Å². The van der Waals surface area contributed by atoms with E-state index in [2.05, 4.69) is 26.5 Å². The molecule has 29 heavy (non-hydrogen) atoms. The van der Waals surface area contributed by atoms with E-state index < -0.39 is 0 Å². The minimum absolute atomic E-state index is 0.118. The van der Waals surface area contributed by atoms with Gasteiger partial charge in [-0.3, -0.25) is 4.79 Å². The first-order valence-electron chi connectivity index (χ1n) is 9.24. The van der Waals surface area contributed by atoms with Gasteiger partial charge >= 0.3 is 0 Å². The number of fused-ring (bicyclic) bond motifs is 1. The third kappa shape index (κ3) is 4.84. The molecule has 0 saturated carbocycles. The predicted molar refractivity (Wildman–Crippen MR) is 115 cm³/mol. The molecule has 5 nitrogen and oxygen atoms in total. The summed E-state index contributed by atoms with van der Waals surface area (Å²) in [6.45, 7) is -0.118. The van der Waals surface area contributed by atoms with Crippen molar-refractivity contribution in [1.29, 1.82) is 0 Å². The summed E-state index contributed by atoms with van der Waals surface area (Å²) in [6, 6.07) is 25.0. The number of rotatable bonds is 5. The van der Waals surface area contributed by atoms with Crippen LogP contribution in [0.3, 0.4) is 0 Å². The monoisotopic (exact) mass is 450 g/mol. The fourth-order valence-corrected chi connectivity index (χ4v) is 3.49. The molecule has 1 unspecified atom stereocenters. The van der Waals surface area contributed by atoms with Crippen LogP contribution >= 0.6 is 15.9 Å². The molecule has 1 aliphatic rings. The van der Waals surface area contributed by atoms with E-state index in [0.29, 0.717) is 12.2 Å². The Morgan fingerprint density at radius 2 is 1.86 bits per heavy atom. The Morgan fingerprint density at radius 3 is 2.69 bits per heavy atom. The number of nitrogens with zero attached hydrogens (tertiary/aromatic N) is 1. The molecule has 1 atom stereocenters. The van der Waals surface area contributed by atoms with Gasteiger partial charge in [0.15, 0.2) is 6.61 Å². The SMILES string of the molecule is O=C(COc1cccc(Br)c1)NN=C1CC(c2ccccc2)Oc2ccccc21. The van der Waals surface area contributed by atoms with Crippen LogP contribution in [0.4, 0.5) is 0 Å². The second-order valence-electron chi connectivity index (χ2n) is 6.56. The number of halogens is 1. The third-order valence-electron chi connectivity index (χ3n) is 4.50. The molecule has 1 aliphatic heterocycles. The van der Waals surface area contributed by atoms with Crippen LogP contribution in [0.25, 0.3) is 0 Å². The number of carbonyl (C=O) groups is 1. The van der Waals surface area contributed by atoms with Crippen LogP contribution in [0.15, 0.2) is 88.4 Å². The number of nitrogens with one attached hydrogen (secondary N) is 1. The van der Waals surface area contributed by atoms with Gasteiger partial charge in [0.05, 0.1) is 5.71 Å². The van der Waals surface area contributed by atoms with Crippen molar-refractivity contribution in [2.24, 2.45) is 5.10 Å². The molecule has 0 aromatic heterocycles. The zero-order chi connectivity index (χ0) is 20.1. The van der Waals surface area contributed by atoms with Crippen LogP contribution in [0.1, 0.15) is 23.7 Å². The molecule has 0 saturated heterocycles. The number of hydrazone groups is 1. The van der Waals surface area contributed by atoms with Gasteiger partial charge in [0.2, 0.25) is 0 Å². The van der Waals surface area contributed by atoms with Gasteiger partial charge in [0.25, 0.3) is 5.91 Å². The maximum atomic E-state index is 12.2. The summed E-state index contributed by atoms with van der Waals surface area (Å²) in [5.41, 5.74) is 5.33. The van der Waals surface area contributed by atoms with Crippen LogP contribution < -0.4 is 14.9 Å². The molecule has 4 rings (SSSR count). The molecular formula is C23H19BrN2O3. The van der Waals surface area contributed by atoms with Crippen molar-refractivity contribution in [2.45, 2.75) is 12.5 Å². The van der Waals surface area contributed by atoms with E-state index in [4.69, 9.17) is 9.47 Å². The number of para-hydroxylation sites is 1. The van der Waals surface area contributed by atoms with Crippen molar-refractivity contribution < 1.29 is 14.3 Å². The van der Waals surface area contributed by atoms with E-state index >= 15 is 0 Å². The molecular weight excluding hydrogens is 432 g/mol. The topological polar surface area (TPSA) is 59.9 Å². The lowest BCUT2D eigenvalue weighted by atomic mass is 9.96. The average molecular weight is 451 g/mol. The Hall–Kier alpha value is -3.12. The van der Waals surface area contributed by atoms with E-state index in [-0.39, 0.29) is 18.6 Å². The number of hydrogen-bond acceptors (Lipinski definition) is 4. The summed E-state index contributed by atoms with van der Waals surface area (Å²) in [6.07, 6.45) is 0.410. The van der Waals surface area contributed by atoms with Gasteiger partial charge in [0, 0.05) is 16.5 Å². The first kappa shape index (κ1) is 19.2. The molecule has 0 spiro atoms. The van der Waals surface area contributed by atoms with Crippen molar-refractivity contribution in [2.75, 3.05) is 6.61 Å². The minimum Gasteiger partial charge on any atom is -0.485 e. The molecule has 1 heterocycles. The maximum absolute atomic E-state index is 12.2. The highest BCUT2D eigenvalue weighted by molar-refractivity contribution is 9.10. The summed E-state index contributed by atoms with van der Waals surface area (Å²) in [5.74, 6) is 1.05. The lowest BCUT2D eigenvalue weighted by Crippen LogP contribution is -2.28. The molecule has 0 aliphatic carbocycles. The van der Waals surface area contributed by atoms with Crippen LogP contribution in [-0.4, -0.2) is 18.2 Å². The highest BCUT2D eigenvalue weighted by atomic mass is 79.9. The van der Waals surface area contributed by atoms with Crippen molar-refractivity contribution in [3.63, 3.8) is 0 Å². The van der Waals surface area contributed by atoms with E-state index in [0.717, 1.165) is 27.1 Å². The third-order valence-corrected chi connectivity index (χ3v) is 4.99. The molecule has 6 heteroatoms. The first-order valence-corrected chi connectivity index (χ1v) is 10.0. The molecule has 0 radical (unpaired) electrons. The fraction of sp³-hybridized carbons (Fsp3) is 0.130. The minimum atomic E-state index is -0.322. The summed E-state index contributed by atoms with van der Waals surface area (Å²) in [5, 5.41) is 4.38. The van der Waals surface area contributed by atoms with E-state index in [9.17, 15) is 4.79 Å². The van der Waals surface area contributed by atoms with Gasteiger partial charge in [-0.1, -0.05) is 64.5 Å². The zero-order valence-corrected chi connectivity index (χ0v) is 17.1. The molecule has 0 fully saturated rings. The van der Waals surface area contributed by atoms with E-state index in [1.54, 1.807) is 12.1 Å². The van der Waals surface area contributed by atoms with E-state index in [1.807, 2.05) is 66.7 Å². The molecule has 0 bridgehead atoms. The van der Waals surface area contributed by atoms with Gasteiger partial charge in [-0.2, -0.15) is 5.10 Å². The second kappa shape index (κ2) is 8.92. The maximum Gasteiger partial charge on any atom is 0.277 e. The number of amides is 1. The van der Waals surface area contributed by atoms with Crippen LogP contribution in [0.5, 0.6) is 11.5 Å². The largest absolute Gasteiger partial charge is 0.485 e. The van der Waals surface area contributed by atoms with E-state index in [1.165, 1.54) is 0 Å². The average Bonchev–Trinajstić information content (AvgIpc) is 2.76. The van der Waals surface area contributed by atoms with Crippen LogP contribution in [-0.2, 0) is 4.79 Å². The standard InChI is InChI=1S/C23H19BrN2O3/c24-17-9-6-10-18(13-17)28-15-23(27)26-25-20-14-22(16-7-2-1-3-8-16)29-21-12-5-4-11-19(20)21/h1-13,22H,14-15H2,(H,26,27). The highest BCUT2D eigenvalue weighted by Crippen LogP contribution is 2.34. The number of hydrogen-bond donors (Lipinski definition) is 1. The van der Waals surface area contributed by atoms with Crippen molar-refractivity contribution in [3.8, 4) is 11.5 Å². The number of ether oxygens (including phenoxy) is 2. The molecule has 1 N–H and O–H groups in total. The predicted octanol–water partition coefficient (Wildman–Crippen LogP) is 4.87. The van der Waals surface area contributed by atoms with Crippen molar-refractivity contribution in [3.05, 3.63) is 94.5 Å². The fourth-order valence-electron chi connectivity index (χ4n) is 3.12. The molecule has 1 amide bonds. The molecule has 3 aromatic carbocycles. The highest BCUT2D eigenvalue weighted by Gasteiger charge is 2.26. The lowest BCUT2D eigenvalue weighted by Gasteiger charge is -2.27. The summed E-state index contributed by atoms with van der Waals surface area (Å²) in [4.78, 5) is 12.2. The van der Waals surface area contributed by atoms with Crippen LogP contribution in [0.2, 0.25) is 0 Å². The summed E-state index contributed by atoms with van der Waals surface area (Å²) in [7, 11) is 0. The number of benzene rings is 3. The Kier molecular flexibility index (Phi) is 5.91. The summed E-state index contributed by atoms with van der Waals surface area (Å²) >= 11 is 3.38. The Balaban J connectivity index is 1.47. The van der Waals surface area contributed by atoms with Gasteiger partial charge in [0.1, 0.15) is 17.6 Å². The van der Waals surface area contributed by atoms with Crippen molar-refractivity contribution >= 4 is 27.5 Å². The second-order valence-corrected chi connectivity index (χ2v) is 7.47. The quantitative estimate of drug-likeness (QED) is 0.563. The zero-order valence-electron chi connectivity index (χ0n) is 15.5. The number of carbonyl (C=O) groups excluding carboxylic acids is 1. The smallest absolute Gasteiger partial charge is 0.277 e. The lowest BCUT2D eigenvalue weighted by molar-refractivity contribution is -0.123.